The Labute approximate surface area is 123 Å². The normalized spacial score (nSPS) is 33.8. The molecule has 1 heterocycles. The van der Waals surface area contributed by atoms with Gasteiger partial charge < -0.3 is 5.73 Å². The van der Waals surface area contributed by atoms with Gasteiger partial charge in [-0.15, -0.1) is 0 Å². The molecule has 0 radical (unpaired) electrons. The molecule has 3 N–H and O–H groups in total. The minimum Gasteiger partial charge on any atom is -0.329 e. The number of rotatable bonds is 4. The topological polar surface area (TPSA) is 75.4 Å². The molecule has 0 bridgehead atoms. The van der Waals surface area contributed by atoms with Crippen LogP contribution < -0.4 is 10.5 Å². The molecular formula is C14H29N3O2S. The minimum absolute atomic E-state index is 0.0256. The Morgan fingerprint density at radius 1 is 1.10 bits per heavy atom. The van der Waals surface area contributed by atoms with E-state index in [-0.39, 0.29) is 12.1 Å². The lowest BCUT2D eigenvalue weighted by molar-refractivity contribution is 0.250. The second kappa shape index (κ2) is 7.20. The second-order valence-electron chi connectivity index (χ2n) is 6.34. The van der Waals surface area contributed by atoms with E-state index in [2.05, 4.69) is 11.6 Å². The fourth-order valence-electron chi connectivity index (χ4n) is 3.45. The first kappa shape index (κ1) is 16.2. The maximum Gasteiger partial charge on any atom is 0.280 e. The van der Waals surface area contributed by atoms with Crippen molar-refractivity contribution in [3.8, 4) is 0 Å². The van der Waals surface area contributed by atoms with Crippen molar-refractivity contribution in [3.63, 3.8) is 0 Å². The van der Waals surface area contributed by atoms with E-state index in [1.807, 2.05) is 0 Å². The van der Waals surface area contributed by atoms with Crippen molar-refractivity contribution < 1.29 is 8.42 Å². The van der Waals surface area contributed by atoms with Gasteiger partial charge >= 0.3 is 0 Å². The van der Waals surface area contributed by atoms with Gasteiger partial charge in [-0.1, -0.05) is 32.6 Å². The summed E-state index contributed by atoms with van der Waals surface area (Å²) in [7, 11) is -3.39. The van der Waals surface area contributed by atoms with Crippen LogP contribution in [0.3, 0.4) is 0 Å². The Hall–Kier alpha value is -0.170. The molecular weight excluding hydrogens is 274 g/mol. The first-order valence-corrected chi connectivity index (χ1v) is 9.48. The SMILES string of the molecule is CC1CCCCCC1NS(=O)(=O)N1CCCCC1CN. The highest BCUT2D eigenvalue weighted by molar-refractivity contribution is 7.87. The third-order valence-electron chi connectivity index (χ3n) is 4.82. The summed E-state index contributed by atoms with van der Waals surface area (Å²) in [6.45, 7) is 3.19. The summed E-state index contributed by atoms with van der Waals surface area (Å²) >= 11 is 0. The van der Waals surface area contributed by atoms with Gasteiger partial charge in [-0.05, 0) is 31.6 Å². The first-order chi connectivity index (χ1) is 9.54. The molecule has 1 saturated heterocycles. The van der Waals surface area contributed by atoms with Gasteiger partial charge in [-0.25, -0.2) is 0 Å². The molecule has 6 heteroatoms. The summed E-state index contributed by atoms with van der Waals surface area (Å²) in [5, 5.41) is 0. The lowest BCUT2D eigenvalue weighted by atomic mass is 9.98. The average molecular weight is 303 g/mol. The van der Waals surface area contributed by atoms with Crippen molar-refractivity contribution >= 4 is 10.2 Å². The molecule has 2 fully saturated rings. The van der Waals surface area contributed by atoms with Gasteiger partial charge in [0.25, 0.3) is 10.2 Å². The van der Waals surface area contributed by atoms with Crippen molar-refractivity contribution in [2.45, 2.75) is 70.4 Å². The molecule has 1 aliphatic heterocycles. The van der Waals surface area contributed by atoms with Crippen molar-refractivity contribution in [3.05, 3.63) is 0 Å². The van der Waals surface area contributed by atoms with Crippen LogP contribution >= 0.6 is 0 Å². The van der Waals surface area contributed by atoms with E-state index in [1.54, 1.807) is 4.31 Å². The number of nitrogens with two attached hydrogens (primary N) is 1. The Kier molecular flexibility index (Phi) is 5.84. The van der Waals surface area contributed by atoms with Gasteiger partial charge in [-0.3, -0.25) is 0 Å². The monoisotopic (exact) mass is 303 g/mol. The van der Waals surface area contributed by atoms with Gasteiger partial charge in [0.05, 0.1) is 0 Å². The zero-order chi connectivity index (χ0) is 14.6. The zero-order valence-electron chi connectivity index (χ0n) is 12.6. The lowest BCUT2D eigenvalue weighted by Gasteiger charge is -2.35. The summed E-state index contributed by atoms with van der Waals surface area (Å²) < 4.78 is 29.8. The molecule has 0 aromatic heterocycles. The van der Waals surface area contributed by atoms with E-state index in [1.165, 1.54) is 12.8 Å². The molecule has 0 spiro atoms. The Morgan fingerprint density at radius 3 is 2.55 bits per heavy atom. The molecule has 118 valence electrons. The standard InChI is InChI=1S/C14H29N3O2S/c1-12-7-3-2-4-9-14(12)16-20(18,19)17-10-6-5-8-13(17)11-15/h12-14,16H,2-11,15H2,1H3. The van der Waals surface area contributed by atoms with Crippen LogP contribution in [0, 0.1) is 5.92 Å². The Morgan fingerprint density at radius 2 is 1.80 bits per heavy atom. The van der Waals surface area contributed by atoms with Gasteiger partial charge in [0, 0.05) is 25.2 Å². The fourth-order valence-corrected chi connectivity index (χ4v) is 5.27. The molecule has 2 rings (SSSR count). The number of nitrogens with one attached hydrogen (secondary N) is 1. The summed E-state index contributed by atoms with van der Waals surface area (Å²) in [4.78, 5) is 0. The second-order valence-corrected chi connectivity index (χ2v) is 8.00. The predicted octanol–water partition coefficient (Wildman–Crippen LogP) is 1.60. The maximum absolute atomic E-state index is 12.6. The van der Waals surface area contributed by atoms with Crippen LogP contribution in [0.15, 0.2) is 0 Å². The first-order valence-electron chi connectivity index (χ1n) is 8.04. The molecule has 2 aliphatic rings. The highest BCUT2D eigenvalue weighted by Crippen LogP contribution is 2.25. The van der Waals surface area contributed by atoms with E-state index in [4.69, 9.17) is 5.73 Å². The molecule has 0 aromatic carbocycles. The van der Waals surface area contributed by atoms with Gasteiger partial charge in [-0.2, -0.15) is 17.4 Å². The van der Waals surface area contributed by atoms with Crippen molar-refractivity contribution in [1.29, 1.82) is 0 Å². The minimum atomic E-state index is -3.39. The van der Waals surface area contributed by atoms with Crippen molar-refractivity contribution in [1.82, 2.24) is 9.03 Å². The van der Waals surface area contributed by atoms with Gasteiger partial charge in [0.2, 0.25) is 0 Å². The highest BCUT2D eigenvalue weighted by Gasteiger charge is 2.34. The van der Waals surface area contributed by atoms with Crippen LogP contribution in [-0.2, 0) is 10.2 Å². The predicted molar refractivity (Wildman–Crippen MR) is 81.5 cm³/mol. The summed E-state index contributed by atoms with van der Waals surface area (Å²) in [6, 6.07) is 0.0604. The Balaban J connectivity index is 2.05. The van der Waals surface area contributed by atoms with Gasteiger partial charge in [0.15, 0.2) is 0 Å². The number of nitrogens with zero attached hydrogens (tertiary/aromatic N) is 1. The van der Waals surface area contributed by atoms with E-state index in [0.29, 0.717) is 19.0 Å². The molecule has 3 atom stereocenters. The molecule has 3 unspecified atom stereocenters. The molecule has 1 aliphatic carbocycles. The number of piperidine rings is 1. The molecule has 0 aromatic rings. The third-order valence-corrected chi connectivity index (χ3v) is 6.51. The molecule has 1 saturated carbocycles. The summed E-state index contributed by atoms with van der Waals surface area (Å²) in [5.74, 6) is 0.424. The van der Waals surface area contributed by atoms with Crippen LogP contribution in [0.1, 0.15) is 58.3 Å². The quantitative estimate of drug-likeness (QED) is 0.775. The fraction of sp³-hybridized carbons (Fsp3) is 1.00. The number of hydrogen-bond acceptors (Lipinski definition) is 3. The number of hydrogen-bond donors (Lipinski definition) is 2. The summed E-state index contributed by atoms with van der Waals surface area (Å²) in [5.41, 5.74) is 5.74. The van der Waals surface area contributed by atoms with Crippen molar-refractivity contribution in [2.75, 3.05) is 13.1 Å². The summed E-state index contributed by atoms with van der Waals surface area (Å²) in [6.07, 6.45) is 8.54. The lowest BCUT2D eigenvalue weighted by Crippen LogP contribution is -2.54. The largest absolute Gasteiger partial charge is 0.329 e. The van der Waals surface area contributed by atoms with E-state index >= 15 is 0 Å². The van der Waals surface area contributed by atoms with Crippen LogP contribution in [0.2, 0.25) is 0 Å². The zero-order valence-corrected chi connectivity index (χ0v) is 13.4. The van der Waals surface area contributed by atoms with E-state index in [0.717, 1.165) is 38.5 Å². The highest BCUT2D eigenvalue weighted by atomic mass is 32.2. The average Bonchev–Trinajstić information content (AvgIpc) is 2.64. The molecule has 20 heavy (non-hydrogen) atoms. The van der Waals surface area contributed by atoms with E-state index < -0.39 is 10.2 Å². The third kappa shape index (κ3) is 3.93. The maximum atomic E-state index is 12.6. The van der Waals surface area contributed by atoms with Crippen LogP contribution in [0.25, 0.3) is 0 Å². The Bertz CT molecular complexity index is 399. The van der Waals surface area contributed by atoms with Crippen LogP contribution in [-0.4, -0.2) is 37.9 Å². The van der Waals surface area contributed by atoms with Crippen LogP contribution in [0.4, 0.5) is 0 Å². The smallest absolute Gasteiger partial charge is 0.280 e. The van der Waals surface area contributed by atoms with Gasteiger partial charge in [0.1, 0.15) is 0 Å². The van der Waals surface area contributed by atoms with Crippen molar-refractivity contribution in [2.24, 2.45) is 11.7 Å². The molecule has 5 nitrogen and oxygen atoms in total. The molecule has 0 amide bonds. The van der Waals surface area contributed by atoms with E-state index in [9.17, 15) is 8.42 Å². The van der Waals surface area contributed by atoms with Crippen LogP contribution in [0.5, 0.6) is 0 Å².